The molecule has 0 atom stereocenters. The molecule has 0 spiro atoms. The van der Waals surface area contributed by atoms with Gasteiger partial charge in [-0.3, -0.25) is 4.79 Å². The molecular weight excluding hydrogens is 296 g/mol. The Morgan fingerprint density at radius 2 is 1.89 bits per heavy atom. The number of amides is 1. The van der Waals surface area contributed by atoms with E-state index in [0.717, 1.165) is 5.56 Å². The van der Waals surface area contributed by atoms with Gasteiger partial charge in [-0.25, -0.2) is 8.91 Å². The Balaban J connectivity index is 2.57. The Morgan fingerprint density at radius 1 is 1.22 bits per heavy atom. The molecule has 0 saturated carbocycles. The van der Waals surface area contributed by atoms with Gasteiger partial charge in [0.05, 0.1) is 16.1 Å². The van der Waals surface area contributed by atoms with Gasteiger partial charge < -0.3 is 0 Å². The van der Waals surface area contributed by atoms with Gasteiger partial charge in [0, 0.05) is 12.5 Å². The van der Waals surface area contributed by atoms with Crippen molar-refractivity contribution in [2.24, 2.45) is 0 Å². The van der Waals surface area contributed by atoms with E-state index in [1.165, 1.54) is 10.8 Å². The number of benzene rings is 1. The lowest BCUT2D eigenvalue weighted by atomic mass is 10.1. The van der Waals surface area contributed by atoms with Crippen molar-refractivity contribution in [2.45, 2.75) is 13.8 Å². The predicted octanol–water partition coefficient (Wildman–Crippen LogP) is 2.51. The van der Waals surface area contributed by atoms with Crippen LogP contribution >= 0.6 is 16.1 Å². The lowest BCUT2D eigenvalue weighted by Gasteiger charge is -2.14. The molecule has 1 aromatic carbocycles. The molecule has 0 saturated heterocycles. The van der Waals surface area contributed by atoms with Crippen LogP contribution < -0.4 is 3.93 Å². The highest BCUT2D eigenvalue weighted by atomic mass is 79.9. The molecule has 1 heterocycles. The maximum atomic E-state index is 11.4. The van der Waals surface area contributed by atoms with E-state index in [9.17, 15) is 4.79 Å². The molecule has 1 aromatic heterocycles. The maximum Gasteiger partial charge on any atom is 0.235 e. The van der Waals surface area contributed by atoms with Gasteiger partial charge in [0.1, 0.15) is 11.5 Å². The summed E-state index contributed by atoms with van der Waals surface area (Å²) < 4.78 is 1.29. The van der Waals surface area contributed by atoms with E-state index in [4.69, 9.17) is 0 Å². The normalized spacial score (nSPS) is 10.2. The van der Waals surface area contributed by atoms with Crippen LogP contribution in [0.3, 0.4) is 0 Å². The number of hydrogen-bond acceptors (Lipinski definition) is 4. The molecule has 0 fully saturated rings. The quantitative estimate of drug-likeness (QED) is 0.800. The number of anilines is 1. The predicted molar refractivity (Wildman–Crippen MR) is 72.1 cm³/mol. The number of carbonyl (C=O) groups excluding carboxylic acids is 1. The summed E-state index contributed by atoms with van der Waals surface area (Å²) in [6, 6.07) is 9.49. The van der Waals surface area contributed by atoms with Crippen molar-refractivity contribution >= 4 is 27.9 Å². The minimum absolute atomic E-state index is 0.174. The average molecular weight is 307 g/mol. The molecule has 0 aliphatic rings. The van der Waals surface area contributed by atoms with Crippen molar-refractivity contribution in [1.82, 2.24) is 15.2 Å². The smallest absolute Gasteiger partial charge is 0.235 e. The van der Waals surface area contributed by atoms with E-state index in [-0.39, 0.29) is 5.91 Å². The lowest BCUT2D eigenvalue weighted by molar-refractivity contribution is -0.115. The molecule has 0 aliphatic carbocycles. The van der Waals surface area contributed by atoms with Crippen LogP contribution in [-0.2, 0) is 4.79 Å². The maximum absolute atomic E-state index is 11.4. The number of rotatable bonds is 2. The minimum atomic E-state index is -0.174. The molecule has 2 aromatic rings. The highest BCUT2D eigenvalue weighted by Gasteiger charge is 2.18. The van der Waals surface area contributed by atoms with Gasteiger partial charge in [0.15, 0.2) is 5.82 Å². The molecule has 0 N–H and O–H groups in total. The molecular formula is C12H11BrN4O. The number of carbonyl (C=O) groups is 1. The molecule has 92 valence electrons. The van der Waals surface area contributed by atoms with Crippen molar-refractivity contribution in [1.29, 1.82) is 0 Å². The van der Waals surface area contributed by atoms with Gasteiger partial charge >= 0.3 is 0 Å². The number of halogens is 1. The first-order valence-corrected chi connectivity index (χ1v) is 6.03. The van der Waals surface area contributed by atoms with Crippen LogP contribution in [0, 0.1) is 6.92 Å². The van der Waals surface area contributed by atoms with Crippen molar-refractivity contribution < 1.29 is 4.79 Å². The minimum Gasteiger partial charge on any atom is -0.274 e. The zero-order valence-electron chi connectivity index (χ0n) is 9.96. The second-order valence-corrected chi connectivity index (χ2v) is 4.41. The van der Waals surface area contributed by atoms with Gasteiger partial charge in [0.25, 0.3) is 0 Å². The number of aryl methyl sites for hydroxylation is 1. The van der Waals surface area contributed by atoms with Gasteiger partial charge in [-0.1, -0.05) is 30.3 Å². The molecule has 2 rings (SSSR count). The first kappa shape index (κ1) is 12.6. The van der Waals surface area contributed by atoms with E-state index in [2.05, 4.69) is 31.3 Å². The number of aromatic nitrogens is 3. The summed E-state index contributed by atoms with van der Waals surface area (Å²) in [6.07, 6.45) is 0. The summed E-state index contributed by atoms with van der Waals surface area (Å²) >= 11 is 3.19. The van der Waals surface area contributed by atoms with E-state index in [1.54, 1.807) is 6.92 Å². The Labute approximate surface area is 113 Å². The SMILES string of the molecule is CC(=O)N(Br)c1nc(C)nnc1-c1ccccc1. The third kappa shape index (κ3) is 2.53. The van der Waals surface area contributed by atoms with E-state index < -0.39 is 0 Å². The van der Waals surface area contributed by atoms with Gasteiger partial charge in [-0.05, 0) is 6.92 Å². The van der Waals surface area contributed by atoms with E-state index >= 15 is 0 Å². The van der Waals surface area contributed by atoms with E-state index in [0.29, 0.717) is 17.3 Å². The molecule has 0 aliphatic heterocycles. The zero-order chi connectivity index (χ0) is 13.1. The van der Waals surface area contributed by atoms with Crippen LogP contribution in [0.15, 0.2) is 30.3 Å². The number of nitrogens with zero attached hydrogens (tertiary/aromatic N) is 4. The Kier molecular flexibility index (Phi) is 3.66. The lowest BCUT2D eigenvalue weighted by Crippen LogP contribution is -2.19. The molecule has 6 heteroatoms. The van der Waals surface area contributed by atoms with Crippen molar-refractivity contribution in [3.8, 4) is 11.3 Å². The Hall–Kier alpha value is -1.82. The molecule has 18 heavy (non-hydrogen) atoms. The van der Waals surface area contributed by atoms with E-state index in [1.807, 2.05) is 30.3 Å². The van der Waals surface area contributed by atoms with Crippen molar-refractivity contribution in [3.05, 3.63) is 36.2 Å². The molecule has 1 amide bonds. The summed E-state index contributed by atoms with van der Waals surface area (Å²) in [5.74, 6) is 0.781. The third-order valence-electron chi connectivity index (χ3n) is 2.28. The summed E-state index contributed by atoms with van der Waals surface area (Å²) in [5.41, 5.74) is 1.42. The van der Waals surface area contributed by atoms with Crippen LogP contribution in [0.25, 0.3) is 11.3 Å². The van der Waals surface area contributed by atoms with Gasteiger partial charge in [0.2, 0.25) is 5.91 Å². The summed E-state index contributed by atoms with van der Waals surface area (Å²) in [5, 5.41) is 8.05. The van der Waals surface area contributed by atoms with Crippen molar-refractivity contribution in [3.63, 3.8) is 0 Å². The highest BCUT2D eigenvalue weighted by molar-refractivity contribution is 9.10. The first-order chi connectivity index (χ1) is 8.59. The highest BCUT2D eigenvalue weighted by Crippen LogP contribution is 2.28. The molecule has 0 bridgehead atoms. The summed E-state index contributed by atoms with van der Waals surface area (Å²) in [7, 11) is 0. The molecule has 5 nitrogen and oxygen atoms in total. The first-order valence-electron chi connectivity index (χ1n) is 5.33. The Bertz CT molecular complexity index is 574. The zero-order valence-corrected chi connectivity index (χ0v) is 11.5. The monoisotopic (exact) mass is 306 g/mol. The fourth-order valence-corrected chi connectivity index (χ4v) is 1.71. The fraction of sp³-hybridized carbons (Fsp3) is 0.167. The second-order valence-electron chi connectivity index (χ2n) is 3.70. The van der Waals surface area contributed by atoms with Crippen LogP contribution in [0.5, 0.6) is 0 Å². The Morgan fingerprint density at radius 3 is 2.50 bits per heavy atom. The summed E-state index contributed by atoms with van der Waals surface area (Å²) in [6.45, 7) is 3.17. The summed E-state index contributed by atoms with van der Waals surface area (Å²) in [4.78, 5) is 15.7. The number of hydrogen-bond donors (Lipinski definition) is 0. The van der Waals surface area contributed by atoms with Crippen LogP contribution in [0.2, 0.25) is 0 Å². The third-order valence-corrected chi connectivity index (χ3v) is 3.12. The van der Waals surface area contributed by atoms with Crippen LogP contribution in [-0.4, -0.2) is 21.1 Å². The standard InChI is InChI=1S/C12H11BrN4O/c1-8-14-12(17(13)9(2)18)11(16-15-8)10-6-4-3-5-7-10/h3-7H,1-2H3. The van der Waals surface area contributed by atoms with Crippen molar-refractivity contribution in [2.75, 3.05) is 3.93 Å². The van der Waals surface area contributed by atoms with Crippen LogP contribution in [0.1, 0.15) is 12.7 Å². The molecule has 0 radical (unpaired) electrons. The second kappa shape index (κ2) is 5.22. The fourth-order valence-electron chi connectivity index (χ4n) is 1.46. The van der Waals surface area contributed by atoms with Gasteiger partial charge in [-0.15, -0.1) is 10.2 Å². The molecule has 0 unspecified atom stereocenters. The topological polar surface area (TPSA) is 59.0 Å². The average Bonchev–Trinajstić information content (AvgIpc) is 2.38. The largest absolute Gasteiger partial charge is 0.274 e. The van der Waals surface area contributed by atoms with Crippen LogP contribution in [0.4, 0.5) is 5.82 Å². The van der Waals surface area contributed by atoms with Gasteiger partial charge in [-0.2, -0.15) is 0 Å².